The number of ether oxygens (including phenoxy) is 1. The van der Waals surface area contributed by atoms with Crippen LogP contribution in [0.5, 0.6) is 5.75 Å². The Bertz CT molecular complexity index is 344. The standard InChI is InChI=1S/C13H20FNO/c1-13(2,3)7-8-15-10-5-6-12(16-4)11(14)9-10/h5-6,9,15H,7-8H2,1-4H3. The first-order chi connectivity index (χ1) is 7.42. The lowest BCUT2D eigenvalue weighted by Gasteiger charge is -2.18. The average molecular weight is 225 g/mol. The van der Waals surface area contributed by atoms with E-state index in [4.69, 9.17) is 4.74 Å². The molecule has 90 valence electrons. The third-order valence-corrected chi connectivity index (χ3v) is 2.36. The van der Waals surface area contributed by atoms with Crippen LogP contribution < -0.4 is 10.1 Å². The highest BCUT2D eigenvalue weighted by Crippen LogP contribution is 2.22. The summed E-state index contributed by atoms with van der Waals surface area (Å²) < 4.78 is 18.2. The van der Waals surface area contributed by atoms with Crippen molar-refractivity contribution in [2.24, 2.45) is 5.41 Å². The van der Waals surface area contributed by atoms with Gasteiger partial charge in [-0.25, -0.2) is 4.39 Å². The fraction of sp³-hybridized carbons (Fsp3) is 0.538. The van der Waals surface area contributed by atoms with Crippen LogP contribution in [0.15, 0.2) is 18.2 Å². The summed E-state index contributed by atoms with van der Waals surface area (Å²) >= 11 is 0. The van der Waals surface area contributed by atoms with Crippen LogP contribution in [-0.2, 0) is 0 Å². The van der Waals surface area contributed by atoms with E-state index >= 15 is 0 Å². The Hall–Kier alpha value is -1.25. The smallest absolute Gasteiger partial charge is 0.167 e. The number of rotatable bonds is 4. The Balaban J connectivity index is 2.52. The summed E-state index contributed by atoms with van der Waals surface area (Å²) in [5, 5.41) is 3.20. The molecular weight excluding hydrogens is 205 g/mol. The number of benzene rings is 1. The van der Waals surface area contributed by atoms with E-state index in [1.54, 1.807) is 6.07 Å². The van der Waals surface area contributed by atoms with Gasteiger partial charge < -0.3 is 10.1 Å². The first-order valence-corrected chi connectivity index (χ1v) is 5.50. The third kappa shape index (κ3) is 4.09. The van der Waals surface area contributed by atoms with Crippen molar-refractivity contribution in [2.45, 2.75) is 27.2 Å². The second-order valence-electron chi connectivity index (χ2n) is 5.09. The molecule has 1 rings (SSSR count). The summed E-state index contributed by atoms with van der Waals surface area (Å²) in [5.41, 5.74) is 1.08. The third-order valence-electron chi connectivity index (χ3n) is 2.36. The fourth-order valence-electron chi connectivity index (χ4n) is 1.36. The maximum absolute atomic E-state index is 13.3. The van der Waals surface area contributed by atoms with Crippen LogP contribution in [-0.4, -0.2) is 13.7 Å². The molecule has 1 aromatic rings. The molecule has 2 nitrogen and oxygen atoms in total. The average Bonchev–Trinajstić information content (AvgIpc) is 2.16. The van der Waals surface area contributed by atoms with E-state index in [9.17, 15) is 4.39 Å². The Morgan fingerprint density at radius 3 is 2.50 bits per heavy atom. The topological polar surface area (TPSA) is 21.3 Å². The Morgan fingerprint density at radius 1 is 1.31 bits per heavy atom. The predicted octanol–water partition coefficient (Wildman–Crippen LogP) is 3.68. The SMILES string of the molecule is COc1ccc(NCCC(C)(C)C)cc1F. The molecule has 0 spiro atoms. The number of hydrogen-bond acceptors (Lipinski definition) is 2. The molecule has 3 heteroatoms. The Labute approximate surface area is 96.8 Å². The maximum Gasteiger partial charge on any atom is 0.167 e. The lowest BCUT2D eigenvalue weighted by molar-refractivity contribution is 0.386. The van der Waals surface area contributed by atoms with Gasteiger partial charge in [-0.3, -0.25) is 0 Å². The van der Waals surface area contributed by atoms with Crippen LogP contribution >= 0.6 is 0 Å². The zero-order valence-corrected chi connectivity index (χ0v) is 10.4. The first kappa shape index (κ1) is 12.8. The van der Waals surface area contributed by atoms with E-state index in [1.807, 2.05) is 6.07 Å². The minimum Gasteiger partial charge on any atom is -0.494 e. The molecule has 0 aliphatic heterocycles. The van der Waals surface area contributed by atoms with E-state index in [1.165, 1.54) is 13.2 Å². The van der Waals surface area contributed by atoms with Gasteiger partial charge in [0.25, 0.3) is 0 Å². The summed E-state index contributed by atoms with van der Waals surface area (Å²) in [6, 6.07) is 4.92. The number of methoxy groups -OCH3 is 1. The number of anilines is 1. The van der Waals surface area contributed by atoms with Crippen molar-refractivity contribution >= 4 is 5.69 Å². The molecule has 1 N–H and O–H groups in total. The molecule has 16 heavy (non-hydrogen) atoms. The zero-order valence-electron chi connectivity index (χ0n) is 10.4. The molecule has 0 aliphatic carbocycles. The minimum atomic E-state index is -0.330. The van der Waals surface area contributed by atoms with Gasteiger partial charge in [0, 0.05) is 18.3 Å². The van der Waals surface area contributed by atoms with Crippen LogP contribution in [0.1, 0.15) is 27.2 Å². The summed E-state index contributed by atoms with van der Waals surface area (Å²) in [5.74, 6) is -0.0513. The predicted molar refractivity (Wildman–Crippen MR) is 65.5 cm³/mol. The van der Waals surface area contributed by atoms with Crippen molar-refractivity contribution in [1.29, 1.82) is 0 Å². The Morgan fingerprint density at radius 2 is 2.00 bits per heavy atom. The number of halogens is 1. The van der Waals surface area contributed by atoms with Gasteiger partial charge in [-0.15, -0.1) is 0 Å². The zero-order chi connectivity index (χ0) is 12.2. The lowest BCUT2D eigenvalue weighted by Crippen LogP contribution is -2.12. The van der Waals surface area contributed by atoms with Gasteiger partial charge in [-0.1, -0.05) is 20.8 Å². The molecule has 0 amide bonds. The van der Waals surface area contributed by atoms with E-state index in [0.29, 0.717) is 0 Å². The summed E-state index contributed by atoms with van der Waals surface area (Å²) in [7, 11) is 1.46. The van der Waals surface area contributed by atoms with E-state index in [2.05, 4.69) is 26.1 Å². The van der Waals surface area contributed by atoms with Gasteiger partial charge in [0.15, 0.2) is 11.6 Å². The maximum atomic E-state index is 13.3. The van der Waals surface area contributed by atoms with Crippen LogP contribution in [0, 0.1) is 11.2 Å². The van der Waals surface area contributed by atoms with E-state index in [0.717, 1.165) is 18.7 Å². The highest BCUT2D eigenvalue weighted by molar-refractivity contribution is 5.47. The number of hydrogen-bond donors (Lipinski definition) is 1. The van der Waals surface area contributed by atoms with Crippen molar-refractivity contribution in [2.75, 3.05) is 19.0 Å². The summed E-state index contributed by atoms with van der Waals surface area (Å²) in [6.45, 7) is 7.39. The largest absolute Gasteiger partial charge is 0.494 e. The summed E-state index contributed by atoms with van der Waals surface area (Å²) in [6.07, 6.45) is 1.04. The van der Waals surface area contributed by atoms with Crippen molar-refractivity contribution < 1.29 is 9.13 Å². The highest BCUT2D eigenvalue weighted by atomic mass is 19.1. The molecule has 0 aromatic heterocycles. The fourth-order valence-corrected chi connectivity index (χ4v) is 1.36. The van der Waals surface area contributed by atoms with Gasteiger partial charge in [0.05, 0.1) is 7.11 Å². The van der Waals surface area contributed by atoms with Gasteiger partial charge in [-0.05, 0) is 24.0 Å². The normalized spacial score (nSPS) is 11.3. The first-order valence-electron chi connectivity index (χ1n) is 5.50. The molecule has 1 aromatic carbocycles. The quantitative estimate of drug-likeness (QED) is 0.844. The van der Waals surface area contributed by atoms with Gasteiger partial charge in [-0.2, -0.15) is 0 Å². The second kappa shape index (κ2) is 5.19. The van der Waals surface area contributed by atoms with Crippen LogP contribution in [0.4, 0.5) is 10.1 Å². The van der Waals surface area contributed by atoms with Gasteiger partial charge in [0.1, 0.15) is 0 Å². The molecule has 0 bridgehead atoms. The number of nitrogens with one attached hydrogen (secondary N) is 1. The molecular formula is C13H20FNO. The lowest BCUT2D eigenvalue weighted by atomic mass is 9.92. The summed E-state index contributed by atoms with van der Waals surface area (Å²) in [4.78, 5) is 0. The van der Waals surface area contributed by atoms with Crippen molar-refractivity contribution in [3.8, 4) is 5.75 Å². The minimum absolute atomic E-state index is 0.279. The van der Waals surface area contributed by atoms with Crippen molar-refractivity contribution in [3.05, 3.63) is 24.0 Å². The molecule has 0 saturated carbocycles. The van der Waals surface area contributed by atoms with Crippen LogP contribution in [0.2, 0.25) is 0 Å². The molecule has 0 unspecified atom stereocenters. The van der Waals surface area contributed by atoms with Crippen molar-refractivity contribution in [3.63, 3.8) is 0 Å². The molecule has 0 radical (unpaired) electrons. The Kier molecular flexibility index (Phi) is 4.16. The van der Waals surface area contributed by atoms with E-state index < -0.39 is 0 Å². The van der Waals surface area contributed by atoms with Crippen LogP contribution in [0.3, 0.4) is 0 Å². The highest BCUT2D eigenvalue weighted by Gasteiger charge is 2.09. The van der Waals surface area contributed by atoms with Gasteiger partial charge in [0.2, 0.25) is 0 Å². The second-order valence-corrected chi connectivity index (χ2v) is 5.09. The molecule has 0 fully saturated rings. The molecule has 0 aliphatic rings. The molecule has 0 heterocycles. The molecule has 0 atom stereocenters. The van der Waals surface area contributed by atoms with E-state index in [-0.39, 0.29) is 17.0 Å². The van der Waals surface area contributed by atoms with Gasteiger partial charge >= 0.3 is 0 Å². The monoisotopic (exact) mass is 225 g/mol. The van der Waals surface area contributed by atoms with Crippen LogP contribution in [0.25, 0.3) is 0 Å². The molecule has 0 saturated heterocycles. The van der Waals surface area contributed by atoms with Crippen molar-refractivity contribution in [1.82, 2.24) is 0 Å².